The minimum Gasteiger partial charge on any atom is -0.324 e. The Morgan fingerprint density at radius 2 is 2.00 bits per heavy atom. The van der Waals surface area contributed by atoms with Gasteiger partial charge >= 0.3 is 0 Å². The van der Waals surface area contributed by atoms with Crippen LogP contribution in [0.4, 0.5) is 5.69 Å². The lowest BCUT2D eigenvalue weighted by molar-refractivity contribution is -0.117. The highest BCUT2D eigenvalue weighted by Crippen LogP contribution is 2.36. The highest BCUT2D eigenvalue weighted by molar-refractivity contribution is 6.44. The third-order valence-electron chi connectivity index (χ3n) is 4.50. The largest absolute Gasteiger partial charge is 0.324 e. The number of hydrogen-bond donors (Lipinski definition) is 2. The van der Waals surface area contributed by atoms with E-state index in [-0.39, 0.29) is 5.91 Å². The second kappa shape index (κ2) is 6.54. The summed E-state index contributed by atoms with van der Waals surface area (Å²) in [5.74, 6) is -0.0803. The van der Waals surface area contributed by atoms with E-state index in [1.165, 1.54) is 12.5 Å². The van der Waals surface area contributed by atoms with Gasteiger partial charge in [-0.2, -0.15) is 0 Å². The molecule has 1 aromatic carbocycles. The molecule has 2 aliphatic rings. The topological polar surface area (TPSA) is 44.4 Å². The van der Waals surface area contributed by atoms with E-state index in [0.717, 1.165) is 32.6 Å². The van der Waals surface area contributed by atoms with Gasteiger partial charge < -0.3 is 10.6 Å². The van der Waals surface area contributed by atoms with Gasteiger partial charge in [-0.05, 0) is 43.5 Å². The summed E-state index contributed by atoms with van der Waals surface area (Å²) < 4.78 is 0. The van der Waals surface area contributed by atoms with E-state index in [0.29, 0.717) is 32.7 Å². The van der Waals surface area contributed by atoms with E-state index in [4.69, 9.17) is 34.8 Å². The van der Waals surface area contributed by atoms with Gasteiger partial charge in [-0.25, -0.2) is 0 Å². The number of nitrogens with zero attached hydrogens (tertiary/aromatic N) is 1. The summed E-state index contributed by atoms with van der Waals surface area (Å²) in [7, 11) is 0. The molecule has 4 nitrogen and oxygen atoms in total. The zero-order valence-corrected chi connectivity index (χ0v) is 14.4. The molecule has 120 valence electrons. The van der Waals surface area contributed by atoms with Gasteiger partial charge in [-0.15, -0.1) is 0 Å². The lowest BCUT2D eigenvalue weighted by atomic mass is 9.87. The predicted molar refractivity (Wildman–Crippen MR) is 91.1 cm³/mol. The standard InChI is InChI=1S/C15H18Cl3N3O/c16-10-5-12(18)13(6-11(10)17)20-14(22)7-21-4-2-15(9-21)1-3-19-8-15/h5-6,19H,1-4,7-9H2,(H,20,22). The highest BCUT2D eigenvalue weighted by Gasteiger charge is 2.40. The van der Waals surface area contributed by atoms with Crippen molar-refractivity contribution in [1.29, 1.82) is 0 Å². The van der Waals surface area contributed by atoms with Gasteiger partial charge in [-0.1, -0.05) is 34.8 Å². The van der Waals surface area contributed by atoms with Gasteiger partial charge in [0.2, 0.25) is 5.91 Å². The number of amides is 1. The summed E-state index contributed by atoms with van der Waals surface area (Å²) in [5.41, 5.74) is 0.860. The maximum atomic E-state index is 12.2. The van der Waals surface area contributed by atoms with Crippen molar-refractivity contribution in [3.8, 4) is 0 Å². The summed E-state index contributed by atoms with van der Waals surface area (Å²) in [5, 5.41) is 7.37. The van der Waals surface area contributed by atoms with E-state index in [1.54, 1.807) is 6.07 Å². The van der Waals surface area contributed by atoms with E-state index >= 15 is 0 Å². The van der Waals surface area contributed by atoms with Crippen molar-refractivity contribution < 1.29 is 4.79 Å². The fraction of sp³-hybridized carbons (Fsp3) is 0.533. The molecular formula is C15H18Cl3N3O. The van der Waals surface area contributed by atoms with Gasteiger partial charge in [0.25, 0.3) is 0 Å². The van der Waals surface area contributed by atoms with E-state index < -0.39 is 0 Å². The third kappa shape index (κ3) is 3.52. The fourth-order valence-corrected chi connectivity index (χ4v) is 3.91. The Hall–Kier alpha value is -0.520. The quantitative estimate of drug-likeness (QED) is 0.811. The molecule has 22 heavy (non-hydrogen) atoms. The molecule has 0 bridgehead atoms. The Labute approximate surface area is 145 Å². The Bertz CT molecular complexity index is 588. The zero-order valence-electron chi connectivity index (χ0n) is 12.1. The van der Waals surface area contributed by atoms with Crippen LogP contribution in [0.25, 0.3) is 0 Å². The number of nitrogens with one attached hydrogen (secondary N) is 2. The summed E-state index contributed by atoms with van der Waals surface area (Å²) in [6.45, 7) is 4.45. The van der Waals surface area contributed by atoms with E-state index in [1.807, 2.05) is 0 Å². The Morgan fingerprint density at radius 1 is 1.23 bits per heavy atom. The molecule has 2 saturated heterocycles. The second-order valence-corrected chi connectivity index (χ2v) is 7.40. The van der Waals surface area contributed by atoms with Crippen molar-refractivity contribution in [2.75, 3.05) is 38.0 Å². The average molecular weight is 363 g/mol. The van der Waals surface area contributed by atoms with E-state index in [9.17, 15) is 4.79 Å². The van der Waals surface area contributed by atoms with Crippen molar-refractivity contribution >= 4 is 46.4 Å². The summed E-state index contributed by atoms with van der Waals surface area (Å²) in [4.78, 5) is 14.4. The number of likely N-dealkylation sites (tertiary alicyclic amines) is 1. The average Bonchev–Trinajstić information content (AvgIpc) is 3.07. The monoisotopic (exact) mass is 361 g/mol. The van der Waals surface area contributed by atoms with Crippen LogP contribution in [-0.2, 0) is 4.79 Å². The predicted octanol–water partition coefficient (Wildman–Crippen LogP) is 3.27. The first-order valence-corrected chi connectivity index (χ1v) is 8.48. The molecule has 0 saturated carbocycles. The molecule has 1 unspecified atom stereocenters. The van der Waals surface area contributed by atoms with Gasteiger partial charge in [-0.3, -0.25) is 9.69 Å². The van der Waals surface area contributed by atoms with Gasteiger partial charge in [0.05, 0.1) is 27.3 Å². The smallest absolute Gasteiger partial charge is 0.238 e. The van der Waals surface area contributed by atoms with Crippen LogP contribution in [0.5, 0.6) is 0 Å². The van der Waals surface area contributed by atoms with Crippen LogP contribution < -0.4 is 10.6 Å². The van der Waals surface area contributed by atoms with Gasteiger partial charge in [0.15, 0.2) is 0 Å². The molecule has 0 radical (unpaired) electrons. The van der Waals surface area contributed by atoms with Crippen LogP contribution in [0.3, 0.4) is 0 Å². The molecule has 0 aliphatic carbocycles. The van der Waals surface area contributed by atoms with Crippen LogP contribution in [-0.4, -0.2) is 43.5 Å². The van der Waals surface area contributed by atoms with Crippen molar-refractivity contribution in [1.82, 2.24) is 10.2 Å². The fourth-order valence-electron chi connectivity index (χ4n) is 3.32. The van der Waals surface area contributed by atoms with Crippen molar-refractivity contribution in [2.45, 2.75) is 12.8 Å². The van der Waals surface area contributed by atoms with Gasteiger partial charge in [0.1, 0.15) is 0 Å². The number of benzene rings is 1. The van der Waals surface area contributed by atoms with Crippen LogP contribution in [0.15, 0.2) is 12.1 Å². The Kier molecular flexibility index (Phi) is 4.86. The molecule has 2 N–H and O–H groups in total. The first-order valence-electron chi connectivity index (χ1n) is 7.35. The van der Waals surface area contributed by atoms with Crippen molar-refractivity contribution in [3.05, 3.63) is 27.2 Å². The molecule has 2 aliphatic heterocycles. The van der Waals surface area contributed by atoms with Gasteiger partial charge in [0, 0.05) is 13.1 Å². The molecule has 2 heterocycles. The lowest BCUT2D eigenvalue weighted by Crippen LogP contribution is -2.34. The number of halogens is 3. The lowest BCUT2D eigenvalue weighted by Gasteiger charge is -2.22. The molecule has 7 heteroatoms. The summed E-state index contributed by atoms with van der Waals surface area (Å²) in [6, 6.07) is 3.12. The first-order chi connectivity index (χ1) is 10.5. The highest BCUT2D eigenvalue weighted by atomic mass is 35.5. The number of carbonyl (C=O) groups excluding carboxylic acids is 1. The maximum Gasteiger partial charge on any atom is 0.238 e. The minimum absolute atomic E-state index is 0.0803. The molecule has 1 spiro atoms. The van der Waals surface area contributed by atoms with Crippen molar-refractivity contribution in [2.24, 2.45) is 5.41 Å². The minimum atomic E-state index is -0.0803. The van der Waals surface area contributed by atoms with Crippen LogP contribution in [0.1, 0.15) is 12.8 Å². The molecule has 3 rings (SSSR count). The molecular weight excluding hydrogens is 345 g/mol. The number of carbonyl (C=O) groups is 1. The molecule has 0 aromatic heterocycles. The molecule has 2 fully saturated rings. The summed E-state index contributed by atoms with van der Waals surface area (Å²) in [6.07, 6.45) is 2.35. The molecule has 1 amide bonds. The van der Waals surface area contributed by atoms with Crippen molar-refractivity contribution in [3.63, 3.8) is 0 Å². The number of hydrogen-bond acceptors (Lipinski definition) is 3. The first kappa shape index (κ1) is 16.3. The van der Waals surface area contributed by atoms with Crippen LogP contribution >= 0.6 is 34.8 Å². The normalized spacial score (nSPS) is 25.0. The number of rotatable bonds is 3. The molecule has 1 atom stereocenters. The number of anilines is 1. The second-order valence-electron chi connectivity index (χ2n) is 6.18. The summed E-state index contributed by atoms with van der Waals surface area (Å²) >= 11 is 17.9. The Morgan fingerprint density at radius 3 is 2.73 bits per heavy atom. The van der Waals surface area contributed by atoms with Crippen LogP contribution in [0, 0.1) is 5.41 Å². The maximum absolute atomic E-state index is 12.2. The van der Waals surface area contributed by atoms with Crippen LogP contribution in [0.2, 0.25) is 15.1 Å². The SMILES string of the molecule is O=C(CN1CCC2(CCNC2)C1)Nc1cc(Cl)c(Cl)cc1Cl. The molecule has 1 aromatic rings. The van der Waals surface area contributed by atoms with E-state index in [2.05, 4.69) is 15.5 Å². The zero-order chi connectivity index (χ0) is 15.7. The third-order valence-corrected chi connectivity index (χ3v) is 5.54. The Balaban J connectivity index is 1.58.